The van der Waals surface area contributed by atoms with E-state index in [0.717, 1.165) is 13.1 Å². The summed E-state index contributed by atoms with van der Waals surface area (Å²) in [7, 11) is 4.03. The van der Waals surface area contributed by atoms with Gasteiger partial charge in [0.25, 0.3) is 0 Å². The highest BCUT2D eigenvalue weighted by atomic mass is 16.1. The van der Waals surface area contributed by atoms with Gasteiger partial charge in [-0.05, 0) is 27.9 Å². The lowest BCUT2D eigenvalue weighted by Crippen LogP contribution is -2.45. The van der Waals surface area contributed by atoms with Crippen molar-refractivity contribution in [3.63, 3.8) is 0 Å². The second-order valence-corrected chi connectivity index (χ2v) is 4.26. The van der Waals surface area contributed by atoms with E-state index in [2.05, 4.69) is 10.2 Å². The van der Waals surface area contributed by atoms with Crippen LogP contribution >= 0.6 is 0 Å². The molecule has 0 saturated heterocycles. The average Bonchev–Trinajstić information content (AvgIpc) is 1.81. The van der Waals surface area contributed by atoms with Gasteiger partial charge in [-0.2, -0.15) is 0 Å². The van der Waals surface area contributed by atoms with Crippen LogP contribution in [0, 0.1) is 0 Å². The molecule has 0 aromatic rings. The highest BCUT2D eigenvalue weighted by Gasteiger charge is 2.18. The lowest BCUT2D eigenvalue weighted by atomic mass is 10.0. The van der Waals surface area contributed by atoms with Crippen LogP contribution in [0.15, 0.2) is 0 Å². The van der Waals surface area contributed by atoms with E-state index in [1.165, 1.54) is 0 Å². The summed E-state index contributed by atoms with van der Waals surface area (Å²) in [6.07, 6.45) is 0.375. The largest absolute Gasteiger partial charge is 0.370 e. The second kappa shape index (κ2) is 5.19. The van der Waals surface area contributed by atoms with Gasteiger partial charge in [0.1, 0.15) is 0 Å². The van der Waals surface area contributed by atoms with Crippen LogP contribution in [0.2, 0.25) is 0 Å². The molecule has 0 fully saturated rings. The molecular formula is C9H21N3O. The van der Waals surface area contributed by atoms with E-state index in [9.17, 15) is 4.79 Å². The summed E-state index contributed by atoms with van der Waals surface area (Å²) in [5, 5.41) is 3.28. The third-order valence-electron chi connectivity index (χ3n) is 1.78. The molecule has 4 nitrogen and oxygen atoms in total. The minimum absolute atomic E-state index is 0.193. The van der Waals surface area contributed by atoms with Crippen molar-refractivity contribution in [2.24, 2.45) is 5.73 Å². The van der Waals surface area contributed by atoms with Gasteiger partial charge in [0.05, 0.1) is 0 Å². The SMILES string of the molecule is CN(C)CCNC(C)(C)CC(N)=O. The smallest absolute Gasteiger partial charge is 0.219 e. The fourth-order valence-corrected chi connectivity index (χ4v) is 1.12. The van der Waals surface area contributed by atoms with Gasteiger partial charge in [0, 0.05) is 25.0 Å². The summed E-state index contributed by atoms with van der Waals surface area (Å²) in [5.41, 5.74) is 4.93. The maximum Gasteiger partial charge on any atom is 0.219 e. The number of rotatable bonds is 6. The average molecular weight is 187 g/mol. The fraction of sp³-hybridized carbons (Fsp3) is 0.889. The van der Waals surface area contributed by atoms with Gasteiger partial charge in [0.2, 0.25) is 5.91 Å². The first-order valence-corrected chi connectivity index (χ1v) is 4.51. The Hall–Kier alpha value is -0.610. The first kappa shape index (κ1) is 12.4. The Morgan fingerprint density at radius 2 is 2.00 bits per heavy atom. The molecule has 0 aliphatic heterocycles. The molecule has 78 valence electrons. The van der Waals surface area contributed by atoms with Crippen molar-refractivity contribution in [1.29, 1.82) is 0 Å². The van der Waals surface area contributed by atoms with Gasteiger partial charge in [-0.15, -0.1) is 0 Å². The van der Waals surface area contributed by atoms with Gasteiger partial charge in [-0.25, -0.2) is 0 Å². The molecule has 0 aromatic carbocycles. The van der Waals surface area contributed by atoms with Crippen molar-refractivity contribution in [2.45, 2.75) is 25.8 Å². The molecule has 0 saturated carbocycles. The topological polar surface area (TPSA) is 58.4 Å². The molecule has 0 heterocycles. The molecule has 0 radical (unpaired) electrons. The molecule has 0 bridgehead atoms. The van der Waals surface area contributed by atoms with Crippen LogP contribution in [0.4, 0.5) is 0 Å². The summed E-state index contributed by atoms with van der Waals surface area (Å²) in [6.45, 7) is 5.79. The molecule has 0 atom stereocenters. The van der Waals surface area contributed by atoms with E-state index < -0.39 is 0 Å². The van der Waals surface area contributed by atoms with Crippen LogP contribution in [0.3, 0.4) is 0 Å². The van der Waals surface area contributed by atoms with Crippen molar-refractivity contribution in [3.05, 3.63) is 0 Å². The molecule has 0 spiro atoms. The van der Waals surface area contributed by atoms with Gasteiger partial charge in [0.15, 0.2) is 0 Å². The number of nitrogens with zero attached hydrogens (tertiary/aromatic N) is 1. The summed E-state index contributed by atoms with van der Waals surface area (Å²) in [6, 6.07) is 0. The maximum atomic E-state index is 10.7. The zero-order valence-corrected chi connectivity index (χ0v) is 9.05. The highest BCUT2D eigenvalue weighted by molar-refractivity contribution is 5.74. The number of amides is 1. The lowest BCUT2D eigenvalue weighted by Gasteiger charge is -2.25. The van der Waals surface area contributed by atoms with Crippen molar-refractivity contribution in [1.82, 2.24) is 10.2 Å². The Bertz CT molecular complexity index is 166. The predicted molar refractivity (Wildman–Crippen MR) is 54.4 cm³/mol. The quantitative estimate of drug-likeness (QED) is 0.605. The predicted octanol–water partition coefficient (Wildman–Crippen LogP) is -0.208. The van der Waals surface area contributed by atoms with E-state index in [1.807, 2.05) is 27.9 Å². The second-order valence-electron chi connectivity index (χ2n) is 4.26. The third-order valence-corrected chi connectivity index (χ3v) is 1.78. The van der Waals surface area contributed by atoms with Crippen LogP contribution in [0.5, 0.6) is 0 Å². The van der Waals surface area contributed by atoms with E-state index in [1.54, 1.807) is 0 Å². The molecule has 1 amide bonds. The monoisotopic (exact) mass is 187 g/mol. The van der Waals surface area contributed by atoms with Gasteiger partial charge < -0.3 is 16.0 Å². The standard InChI is InChI=1S/C9H21N3O/c1-9(2,7-8(10)13)11-5-6-12(3)4/h11H,5-7H2,1-4H3,(H2,10,13). The van der Waals surface area contributed by atoms with Crippen molar-refractivity contribution in [2.75, 3.05) is 27.2 Å². The van der Waals surface area contributed by atoms with Gasteiger partial charge in [-0.1, -0.05) is 0 Å². The zero-order valence-electron chi connectivity index (χ0n) is 9.05. The summed E-state index contributed by atoms with van der Waals surface area (Å²) in [4.78, 5) is 12.8. The molecule has 0 unspecified atom stereocenters. The number of nitrogens with one attached hydrogen (secondary N) is 1. The number of carbonyl (C=O) groups is 1. The molecule has 0 rings (SSSR count). The lowest BCUT2D eigenvalue weighted by molar-refractivity contribution is -0.119. The Labute approximate surface area is 80.5 Å². The normalized spacial score (nSPS) is 12.1. The Morgan fingerprint density at radius 1 is 1.46 bits per heavy atom. The number of hydrogen-bond acceptors (Lipinski definition) is 3. The minimum atomic E-state index is -0.262. The molecular weight excluding hydrogens is 166 g/mol. The van der Waals surface area contributed by atoms with E-state index in [0.29, 0.717) is 6.42 Å². The first-order chi connectivity index (χ1) is 5.83. The summed E-state index contributed by atoms with van der Waals surface area (Å²) >= 11 is 0. The Morgan fingerprint density at radius 3 is 2.38 bits per heavy atom. The summed E-state index contributed by atoms with van der Waals surface area (Å²) in [5.74, 6) is -0.262. The fourth-order valence-electron chi connectivity index (χ4n) is 1.12. The highest BCUT2D eigenvalue weighted by Crippen LogP contribution is 2.06. The Balaban J connectivity index is 3.69. The maximum absolute atomic E-state index is 10.7. The van der Waals surface area contributed by atoms with Crippen LogP contribution < -0.4 is 11.1 Å². The van der Waals surface area contributed by atoms with Crippen LogP contribution in [-0.2, 0) is 4.79 Å². The van der Waals surface area contributed by atoms with Crippen molar-refractivity contribution < 1.29 is 4.79 Å². The van der Waals surface area contributed by atoms with Crippen LogP contribution in [0.25, 0.3) is 0 Å². The van der Waals surface area contributed by atoms with Gasteiger partial charge >= 0.3 is 0 Å². The number of likely N-dealkylation sites (N-methyl/N-ethyl adjacent to an activating group) is 1. The molecule has 4 heteroatoms. The number of primary amides is 1. The molecule has 3 N–H and O–H groups in total. The Kier molecular flexibility index (Phi) is 4.95. The van der Waals surface area contributed by atoms with Crippen molar-refractivity contribution in [3.8, 4) is 0 Å². The number of nitrogens with two attached hydrogens (primary N) is 1. The van der Waals surface area contributed by atoms with E-state index in [4.69, 9.17) is 5.73 Å². The van der Waals surface area contributed by atoms with Crippen LogP contribution in [-0.4, -0.2) is 43.5 Å². The molecule has 0 aromatic heterocycles. The molecule has 0 aliphatic rings. The van der Waals surface area contributed by atoms with Gasteiger partial charge in [-0.3, -0.25) is 4.79 Å². The van der Waals surface area contributed by atoms with Crippen molar-refractivity contribution >= 4 is 5.91 Å². The van der Waals surface area contributed by atoms with E-state index >= 15 is 0 Å². The summed E-state index contributed by atoms with van der Waals surface area (Å²) < 4.78 is 0. The molecule has 13 heavy (non-hydrogen) atoms. The number of carbonyl (C=O) groups excluding carboxylic acids is 1. The first-order valence-electron chi connectivity index (χ1n) is 4.51. The molecule has 0 aliphatic carbocycles. The zero-order chi connectivity index (χ0) is 10.5. The van der Waals surface area contributed by atoms with Crippen LogP contribution in [0.1, 0.15) is 20.3 Å². The number of hydrogen-bond donors (Lipinski definition) is 2. The minimum Gasteiger partial charge on any atom is -0.370 e. The third kappa shape index (κ3) is 7.74. The van der Waals surface area contributed by atoms with E-state index in [-0.39, 0.29) is 11.4 Å².